The first-order valence-corrected chi connectivity index (χ1v) is 6.60. The number of ether oxygens (including phenoxy) is 1. The van der Waals surface area contributed by atoms with E-state index in [0.717, 1.165) is 24.8 Å². The molecule has 0 heterocycles. The van der Waals surface area contributed by atoms with Crippen LogP contribution < -0.4 is 0 Å². The molecule has 0 aliphatic heterocycles. The average molecular weight is 248 g/mol. The van der Waals surface area contributed by atoms with Crippen LogP contribution in [-0.4, -0.2) is 16.7 Å². The quantitative estimate of drug-likeness (QED) is 0.886. The number of hydrogen-bond donors (Lipinski definition) is 1. The molecule has 0 bridgehead atoms. The van der Waals surface area contributed by atoms with Gasteiger partial charge in [-0.1, -0.05) is 36.8 Å². The van der Waals surface area contributed by atoms with Gasteiger partial charge in [0.05, 0.1) is 6.10 Å². The topological polar surface area (TPSA) is 46.5 Å². The summed E-state index contributed by atoms with van der Waals surface area (Å²) in [6, 6.07) is 9.79. The minimum Gasteiger partial charge on any atom is -0.479 e. The first-order valence-electron chi connectivity index (χ1n) is 6.60. The lowest BCUT2D eigenvalue weighted by Crippen LogP contribution is -2.44. The van der Waals surface area contributed by atoms with Gasteiger partial charge in [-0.2, -0.15) is 0 Å². The van der Waals surface area contributed by atoms with E-state index in [2.05, 4.69) is 0 Å². The maximum atomic E-state index is 11.5. The van der Waals surface area contributed by atoms with Crippen molar-refractivity contribution in [3.8, 4) is 0 Å². The number of aliphatic carboxylic acids is 1. The van der Waals surface area contributed by atoms with Crippen LogP contribution in [0, 0.1) is 0 Å². The molecular weight excluding hydrogens is 228 g/mol. The molecule has 18 heavy (non-hydrogen) atoms. The Bertz CT molecular complexity index is 393. The van der Waals surface area contributed by atoms with Crippen LogP contribution in [0.3, 0.4) is 0 Å². The molecule has 0 amide bonds. The van der Waals surface area contributed by atoms with Crippen molar-refractivity contribution in [2.45, 2.75) is 50.7 Å². The van der Waals surface area contributed by atoms with Gasteiger partial charge in [-0.05, 0) is 38.2 Å². The SMILES string of the molecule is CC(OC1(C(=O)O)CCCCC1)c1ccccc1. The smallest absolute Gasteiger partial charge is 0.335 e. The van der Waals surface area contributed by atoms with Gasteiger partial charge >= 0.3 is 5.97 Å². The number of carbonyl (C=O) groups is 1. The summed E-state index contributed by atoms with van der Waals surface area (Å²) in [4.78, 5) is 11.5. The van der Waals surface area contributed by atoms with Gasteiger partial charge in [0.2, 0.25) is 0 Å². The van der Waals surface area contributed by atoms with E-state index in [1.54, 1.807) is 0 Å². The number of benzene rings is 1. The standard InChI is InChI=1S/C15H20O3/c1-12(13-8-4-2-5-9-13)18-15(14(16)17)10-6-3-7-11-15/h2,4-5,8-9,12H,3,6-7,10-11H2,1H3,(H,16,17). The van der Waals surface area contributed by atoms with Crippen LogP contribution in [0.1, 0.15) is 50.7 Å². The molecule has 1 aliphatic rings. The summed E-state index contributed by atoms with van der Waals surface area (Å²) >= 11 is 0. The van der Waals surface area contributed by atoms with Crippen molar-refractivity contribution < 1.29 is 14.6 Å². The molecule has 1 aromatic carbocycles. The lowest BCUT2D eigenvalue weighted by Gasteiger charge is -2.35. The molecule has 3 nitrogen and oxygen atoms in total. The van der Waals surface area contributed by atoms with E-state index in [1.165, 1.54) is 0 Å². The highest BCUT2D eigenvalue weighted by atomic mass is 16.5. The highest BCUT2D eigenvalue weighted by Crippen LogP contribution is 2.36. The molecule has 0 radical (unpaired) electrons. The molecule has 3 heteroatoms. The van der Waals surface area contributed by atoms with Gasteiger partial charge in [0.1, 0.15) is 0 Å². The fourth-order valence-electron chi connectivity index (χ4n) is 2.64. The fourth-order valence-corrected chi connectivity index (χ4v) is 2.64. The van der Waals surface area contributed by atoms with Crippen LogP contribution in [0.2, 0.25) is 0 Å². The van der Waals surface area contributed by atoms with Crippen molar-refractivity contribution in [3.05, 3.63) is 35.9 Å². The molecule has 1 N–H and O–H groups in total. The van der Waals surface area contributed by atoms with E-state index in [1.807, 2.05) is 37.3 Å². The number of rotatable bonds is 4. The summed E-state index contributed by atoms with van der Waals surface area (Å²) in [7, 11) is 0. The predicted octanol–water partition coefficient (Wildman–Crippen LogP) is 3.55. The lowest BCUT2D eigenvalue weighted by atomic mass is 9.84. The van der Waals surface area contributed by atoms with E-state index in [4.69, 9.17) is 4.74 Å². The van der Waals surface area contributed by atoms with Gasteiger partial charge < -0.3 is 9.84 Å². The Morgan fingerprint density at radius 3 is 2.39 bits per heavy atom. The summed E-state index contributed by atoms with van der Waals surface area (Å²) in [5.74, 6) is -0.815. The molecule has 98 valence electrons. The minimum atomic E-state index is -0.979. The molecule has 0 spiro atoms. The molecule has 1 saturated carbocycles. The Labute approximate surface area is 108 Å². The largest absolute Gasteiger partial charge is 0.479 e. The predicted molar refractivity (Wildman–Crippen MR) is 69.4 cm³/mol. The van der Waals surface area contributed by atoms with Crippen LogP contribution in [0.5, 0.6) is 0 Å². The summed E-state index contributed by atoms with van der Waals surface area (Å²) in [5, 5.41) is 9.46. The van der Waals surface area contributed by atoms with Crippen LogP contribution in [-0.2, 0) is 9.53 Å². The zero-order chi connectivity index (χ0) is 13.0. The third kappa shape index (κ3) is 2.72. The lowest BCUT2D eigenvalue weighted by molar-refractivity contribution is -0.179. The van der Waals surface area contributed by atoms with Gasteiger partial charge in [0.25, 0.3) is 0 Å². The highest BCUT2D eigenvalue weighted by molar-refractivity contribution is 5.77. The molecule has 2 rings (SSSR count). The third-order valence-electron chi connectivity index (χ3n) is 3.72. The molecule has 1 fully saturated rings. The van der Waals surface area contributed by atoms with E-state index < -0.39 is 11.6 Å². The van der Waals surface area contributed by atoms with Gasteiger partial charge in [-0.15, -0.1) is 0 Å². The van der Waals surface area contributed by atoms with Crippen LogP contribution in [0.4, 0.5) is 0 Å². The molecule has 0 aromatic heterocycles. The Morgan fingerprint density at radius 1 is 1.22 bits per heavy atom. The van der Waals surface area contributed by atoms with E-state index >= 15 is 0 Å². The molecule has 0 saturated heterocycles. The second-order valence-electron chi connectivity index (χ2n) is 5.03. The zero-order valence-corrected chi connectivity index (χ0v) is 10.8. The Hall–Kier alpha value is -1.35. The zero-order valence-electron chi connectivity index (χ0n) is 10.8. The van der Waals surface area contributed by atoms with Gasteiger partial charge in [0.15, 0.2) is 5.60 Å². The van der Waals surface area contributed by atoms with Crippen molar-refractivity contribution in [1.29, 1.82) is 0 Å². The second kappa shape index (κ2) is 5.53. The molecule has 1 atom stereocenters. The minimum absolute atomic E-state index is 0.180. The third-order valence-corrected chi connectivity index (χ3v) is 3.72. The van der Waals surface area contributed by atoms with Crippen LogP contribution >= 0.6 is 0 Å². The van der Waals surface area contributed by atoms with Gasteiger partial charge in [-0.25, -0.2) is 4.79 Å². The number of carboxylic acids is 1. The first-order chi connectivity index (χ1) is 8.64. The Morgan fingerprint density at radius 2 is 1.83 bits per heavy atom. The fraction of sp³-hybridized carbons (Fsp3) is 0.533. The van der Waals surface area contributed by atoms with Gasteiger partial charge in [-0.3, -0.25) is 0 Å². The normalized spacial score (nSPS) is 20.3. The molecule has 1 aliphatic carbocycles. The van der Waals surface area contributed by atoms with Crippen molar-refractivity contribution in [1.82, 2.24) is 0 Å². The summed E-state index contributed by atoms with van der Waals surface area (Å²) < 4.78 is 5.93. The molecular formula is C15H20O3. The van der Waals surface area contributed by atoms with Crippen molar-refractivity contribution in [2.24, 2.45) is 0 Å². The highest BCUT2D eigenvalue weighted by Gasteiger charge is 2.42. The monoisotopic (exact) mass is 248 g/mol. The van der Waals surface area contributed by atoms with Crippen LogP contribution in [0.15, 0.2) is 30.3 Å². The van der Waals surface area contributed by atoms with E-state index in [0.29, 0.717) is 12.8 Å². The summed E-state index contributed by atoms with van der Waals surface area (Å²) in [6.07, 6.45) is 4.05. The summed E-state index contributed by atoms with van der Waals surface area (Å²) in [6.45, 7) is 1.93. The maximum absolute atomic E-state index is 11.5. The van der Waals surface area contributed by atoms with Crippen molar-refractivity contribution in [3.63, 3.8) is 0 Å². The van der Waals surface area contributed by atoms with Crippen molar-refractivity contribution in [2.75, 3.05) is 0 Å². The molecule has 1 aromatic rings. The summed E-state index contributed by atoms with van der Waals surface area (Å²) in [5.41, 5.74) is 0.0525. The van der Waals surface area contributed by atoms with Gasteiger partial charge in [0, 0.05) is 0 Å². The van der Waals surface area contributed by atoms with E-state index in [-0.39, 0.29) is 6.10 Å². The maximum Gasteiger partial charge on any atom is 0.335 e. The Kier molecular flexibility index (Phi) is 4.02. The average Bonchev–Trinajstić information content (AvgIpc) is 2.40. The Balaban J connectivity index is 2.12. The van der Waals surface area contributed by atoms with Crippen LogP contribution in [0.25, 0.3) is 0 Å². The molecule has 1 unspecified atom stereocenters. The van der Waals surface area contributed by atoms with E-state index in [9.17, 15) is 9.90 Å². The number of carboxylic acid groups (broad SMARTS) is 1. The number of hydrogen-bond acceptors (Lipinski definition) is 2. The van der Waals surface area contributed by atoms with Crippen molar-refractivity contribution >= 4 is 5.97 Å². The second-order valence-corrected chi connectivity index (χ2v) is 5.03. The first kappa shape index (κ1) is 13.1.